The van der Waals surface area contributed by atoms with Gasteiger partial charge in [0.2, 0.25) is 11.6 Å². The summed E-state index contributed by atoms with van der Waals surface area (Å²) in [4.78, 5) is 12.8. The van der Waals surface area contributed by atoms with E-state index in [4.69, 9.17) is 10.5 Å². The average molecular weight is 420 g/mol. The van der Waals surface area contributed by atoms with Gasteiger partial charge in [-0.3, -0.25) is 4.79 Å². The molecule has 2 heterocycles. The molecule has 0 saturated carbocycles. The normalized spacial score (nSPS) is 11.0. The van der Waals surface area contributed by atoms with Crippen molar-refractivity contribution < 1.29 is 19.3 Å². The van der Waals surface area contributed by atoms with Crippen LogP contribution in [0.15, 0.2) is 58.3 Å². The fraction of sp³-hybridized carbons (Fsp3) is 0.0526. The highest BCUT2D eigenvalue weighted by Gasteiger charge is 2.24. The van der Waals surface area contributed by atoms with Crippen molar-refractivity contribution in [3.05, 3.63) is 59.8 Å². The fourth-order valence-electron chi connectivity index (χ4n) is 2.77. The van der Waals surface area contributed by atoms with Crippen LogP contribution in [0.5, 0.6) is 11.5 Å². The van der Waals surface area contributed by atoms with E-state index in [9.17, 15) is 9.90 Å². The van der Waals surface area contributed by atoms with Crippen molar-refractivity contribution in [3.8, 4) is 28.6 Å². The fourth-order valence-corrected chi connectivity index (χ4v) is 2.77. The Balaban J connectivity index is 1.64. The number of nitrogens with one attached hydrogen (secondary N) is 1. The number of amides is 1. The number of aromatic hydroxyl groups is 1. The summed E-state index contributed by atoms with van der Waals surface area (Å²) in [5.74, 6) is -0.238. The molecule has 0 unspecified atom stereocenters. The monoisotopic (exact) mass is 420 g/mol. The van der Waals surface area contributed by atoms with Crippen LogP contribution in [0.1, 0.15) is 16.1 Å². The number of benzene rings is 2. The van der Waals surface area contributed by atoms with Crippen LogP contribution in [-0.2, 0) is 0 Å². The van der Waals surface area contributed by atoms with Crippen LogP contribution in [0.4, 0.5) is 5.82 Å². The van der Waals surface area contributed by atoms with Gasteiger partial charge in [0.25, 0.3) is 5.91 Å². The van der Waals surface area contributed by atoms with Crippen molar-refractivity contribution in [1.82, 2.24) is 30.7 Å². The number of methoxy groups -OCH3 is 1. The second-order valence-electron chi connectivity index (χ2n) is 6.17. The molecule has 4 N–H and O–H groups in total. The minimum atomic E-state index is -0.609. The number of hydrogen-bond donors (Lipinski definition) is 3. The highest BCUT2D eigenvalue weighted by molar-refractivity contribution is 5.98. The molecule has 0 radical (unpaired) electrons. The van der Waals surface area contributed by atoms with Gasteiger partial charge < -0.3 is 15.6 Å². The molecule has 0 bridgehead atoms. The maximum Gasteiger partial charge on any atom is 0.294 e. The number of carbonyl (C=O) groups excluding carboxylic acids is 1. The molecule has 0 aliphatic carbocycles. The molecule has 12 heteroatoms. The maximum absolute atomic E-state index is 12.8. The lowest BCUT2D eigenvalue weighted by atomic mass is 10.1. The predicted octanol–water partition coefficient (Wildman–Crippen LogP) is 1.38. The van der Waals surface area contributed by atoms with Gasteiger partial charge in [-0.15, -0.1) is 5.10 Å². The number of anilines is 1. The van der Waals surface area contributed by atoms with E-state index in [-0.39, 0.29) is 28.8 Å². The van der Waals surface area contributed by atoms with Gasteiger partial charge in [-0.1, -0.05) is 35.5 Å². The summed E-state index contributed by atoms with van der Waals surface area (Å²) in [6.45, 7) is 0. The molecule has 0 atom stereocenters. The molecular weight excluding hydrogens is 404 g/mol. The minimum absolute atomic E-state index is 0.00517. The molecule has 156 valence electrons. The molecule has 0 fully saturated rings. The molecule has 4 aromatic rings. The van der Waals surface area contributed by atoms with E-state index in [1.165, 1.54) is 24.1 Å². The Morgan fingerprint density at radius 3 is 2.77 bits per heavy atom. The van der Waals surface area contributed by atoms with Crippen LogP contribution < -0.4 is 15.9 Å². The average Bonchev–Trinajstić information content (AvgIpc) is 3.41. The van der Waals surface area contributed by atoms with Crippen LogP contribution in [-0.4, -0.2) is 49.6 Å². The lowest BCUT2D eigenvalue weighted by molar-refractivity contribution is 0.0950. The van der Waals surface area contributed by atoms with Crippen LogP contribution >= 0.6 is 0 Å². The van der Waals surface area contributed by atoms with Crippen molar-refractivity contribution in [2.45, 2.75) is 0 Å². The Kier molecular flexibility index (Phi) is 5.26. The maximum atomic E-state index is 12.8. The van der Waals surface area contributed by atoms with E-state index in [1.54, 1.807) is 36.4 Å². The number of nitrogens with zero attached hydrogens (tertiary/aromatic N) is 6. The largest absolute Gasteiger partial charge is 0.504 e. The number of aromatic nitrogens is 5. The van der Waals surface area contributed by atoms with Crippen LogP contribution in [0, 0.1) is 0 Å². The highest BCUT2D eigenvalue weighted by Crippen LogP contribution is 2.27. The Hall–Kier alpha value is -4.74. The van der Waals surface area contributed by atoms with E-state index < -0.39 is 5.91 Å². The first kappa shape index (κ1) is 19.6. The zero-order valence-electron chi connectivity index (χ0n) is 16.1. The van der Waals surface area contributed by atoms with Crippen LogP contribution in [0.3, 0.4) is 0 Å². The number of phenols is 1. The molecule has 2 aromatic heterocycles. The molecule has 2 aromatic carbocycles. The van der Waals surface area contributed by atoms with Gasteiger partial charge in [-0.05, 0) is 34.1 Å². The number of nitrogen functional groups attached to an aromatic ring is 1. The van der Waals surface area contributed by atoms with Gasteiger partial charge in [0.1, 0.15) is 5.69 Å². The first-order chi connectivity index (χ1) is 15.1. The van der Waals surface area contributed by atoms with Gasteiger partial charge in [0, 0.05) is 5.56 Å². The first-order valence-corrected chi connectivity index (χ1v) is 8.88. The second-order valence-corrected chi connectivity index (χ2v) is 6.17. The SMILES string of the molecule is COc1cc(C=NNC(=O)c2nnn(-c3nonc3N)c2-c2ccccc2)ccc1O. The Bertz CT molecular complexity index is 1250. The third kappa shape index (κ3) is 3.89. The van der Waals surface area contributed by atoms with Gasteiger partial charge in [0.15, 0.2) is 17.2 Å². The van der Waals surface area contributed by atoms with E-state index >= 15 is 0 Å². The molecule has 31 heavy (non-hydrogen) atoms. The predicted molar refractivity (Wildman–Crippen MR) is 109 cm³/mol. The summed E-state index contributed by atoms with van der Waals surface area (Å²) < 4.78 is 11.0. The summed E-state index contributed by atoms with van der Waals surface area (Å²) in [7, 11) is 1.43. The van der Waals surface area contributed by atoms with Gasteiger partial charge in [0.05, 0.1) is 13.3 Å². The van der Waals surface area contributed by atoms with Crippen LogP contribution in [0.2, 0.25) is 0 Å². The third-order valence-corrected chi connectivity index (χ3v) is 4.21. The summed E-state index contributed by atoms with van der Waals surface area (Å²) in [6, 6.07) is 13.6. The second kappa shape index (κ2) is 8.32. The molecule has 12 nitrogen and oxygen atoms in total. The Morgan fingerprint density at radius 2 is 2.06 bits per heavy atom. The highest BCUT2D eigenvalue weighted by atomic mass is 16.6. The van der Waals surface area contributed by atoms with Crippen LogP contribution in [0.25, 0.3) is 17.1 Å². The molecular formula is C19H16N8O4. The summed E-state index contributed by atoms with van der Waals surface area (Å²) >= 11 is 0. The van der Waals surface area contributed by atoms with E-state index in [0.29, 0.717) is 16.8 Å². The van der Waals surface area contributed by atoms with Crippen molar-refractivity contribution >= 4 is 17.9 Å². The third-order valence-electron chi connectivity index (χ3n) is 4.21. The number of rotatable bonds is 6. The first-order valence-electron chi connectivity index (χ1n) is 8.88. The lowest BCUT2D eigenvalue weighted by Gasteiger charge is -2.05. The zero-order chi connectivity index (χ0) is 21.8. The van der Waals surface area contributed by atoms with E-state index in [1.807, 2.05) is 6.07 Å². The summed E-state index contributed by atoms with van der Waals surface area (Å²) in [6.07, 6.45) is 1.39. The number of phenolic OH excluding ortho intramolecular Hbond substituents is 1. The zero-order valence-corrected chi connectivity index (χ0v) is 16.1. The van der Waals surface area contributed by atoms with Crippen molar-refractivity contribution in [3.63, 3.8) is 0 Å². The van der Waals surface area contributed by atoms with Crippen molar-refractivity contribution in [1.29, 1.82) is 0 Å². The van der Waals surface area contributed by atoms with Crippen molar-refractivity contribution in [2.24, 2.45) is 5.10 Å². The molecule has 0 aliphatic rings. The van der Waals surface area contributed by atoms with Gasteiger partial charge >= 0.3 is 0 Å². The number of ether oxygens (including phenoxy) is 1. The smallest absolute Gasteiger partial charge is 0.294 e. The van der Waals surface area contributed by atoms with Gasteiger partial charge in [-0.2, -0.15) is 9.78 Å². The Morgan fingerprint density at radius 1 is 1.26 bits per heavy atom. The quantitative estimate of drug-likeness (QED) is 0.308. The van der Waals surface area contributed by atoms with Crippen molar-refractivity contribution in [2.75, 3.05) is 12.8 Å². The molecule has 4 rings (SSSR count). The summed E-state index contributed by atoms with van der Waals surface area (Å²) in [5.41, 5.74) is 9.75. The van der Waals surface area contributed by atoms with Gasteiger partial charge in [-0.25, -0.2) is 10.1 Å². The molecule has 1 amide bonds. The number of carbonyl (C=O) groups is 1. The molecule has 0 spiro atoms. The number of hydrazone groups is 1. The van der Waals surface area contributed by atoms with E-state index in [2.05, 4.69) is 35.8 Å². The standard InChI is InChI=1S/C19H16N8O4/c1-30-14-9-11(7-8-13(14)28)10-21-23-19(29)15-16(12-5-3-2-4-6-12)27(26-22-15)18-17(20)24-31-25-18/h2-10,28H,1H3,(H2,20,24)(H,23,29). The molecule has 0 saturated heterocycles. The summed E-state index contributed by atoms with van der Waals surface area (Å²) in [5, 5.41) is 28.8. The molecule has 0 aliphatic heterocycles. The Labute approximate surface area is 174 Å². The minimum Gasteiger partial charge on any atom is -0.504 e. The number of hydrogen-bond acceptors (Lipinski definition) is 10. The number of nitrogens with two attached hydrogens (primary N) is 1. The van der Waals surface area contributed by atoms with E-state index in [0.717, 1.165) is 0 Å². The topological polar surface area (TPSA) is 167 Å². The lowest BCUT2D eigenvalue weighted by Crippen LogP contribution is -2.19.